The lowest BCUT2D eigenvalue weighted by Gasteiger charge is -2.25. The first-order chi connectivity index (χ1) is 10.3. The molecule has 0 fully saturated rings. The Balaban J connectivity index is 2.15. The summed E-state index contributed by atoms with van der Waals surface area (Å²) >= 11 is 0. The van der Waals surface area contributed by atoms with Gasteiger partial charge in [-0.1, -0.05) is 18.2 Å². The SMILES string of the molecule is CC(C)(C)OC(=O)N1C=CC(c2ccc(F)cc2C#N)C=C1. The van der Waals surface area contributed by atoms with Gasteiger partial charge in [0.1, 0.15) is 11.4 Å². The molecule has 1 amide bonds. The van der Waals surface area contributed by atoms with Crippen LogP contribution in [0.1, 0.15) is 37.8 Å². The van der Waals surface area contributed by atoms with Crippen LogP contribution in [0.3, 0.4) is 0 Å². The number of rotatable bonds is 1. The predicted octanol–water partition coefficient (Wildman–Crippen LogP) is 4.06. The molecule has 1 aliphatic heterocycles. The fourth-order valence-electron chi connectivity index (χ4n) is 2.04. The third-order valence-corrected chi connectivity index (χ3v) is 3.01. The van der Waals surface area contributed by atoms with Gasteiger partial charge in [0, 0.05) is 18.3 Å². The van der Waals surface area contributed by atoms with E-state index in [1.165, 1.54) is 17.0 Å². The van der Waals surface area contributed by atoms with Crippen LogP contribution < -0.4 is 0 Å². The van der Waals surface area contributed by atoms with Crippen LogP contribution in [-0.4, -0.2) is 16.6 Å². The average Bonchev–Trinajstić information content (AvgIpc) is 2.45. The molecule has 0 bridgehead atoms. The van der Waals surface area contributed by atoms with Crippen molar-refractivity contribution in [2.75, 3.05) is 0 Å². The Morgan fingerprint density at radius 1 is 1.32 bits per heavy atom. The summed E-state index contributed by atoms with van der Waals surface area (Å²) in [6, 6.07) is 6.09. The third kappa shape index (κ3) is 3.73. The minimum Gasteiger partial charge on any atom is -0.443 e. The molecule has 1 aromatic rings. The maximum absolute atomic E-state index is 13.2. The van der Waals surface area contributed by atoms with Crippen LogP contribution in [0.5, 0.6) is 0 Å². The Kier molecular flexibility index (Phi) is 4.32. The molecule has 0 aromatic heterocycles. The highest BCUT2D eigenvalue weighted by Crippen LogP contribution is 2.26. The zero-order valence-electron chi connectivity index (χ0n) is 12.7. The largest absolute Gasteiger partial charge is 0.443 e. The number of halogens is 1. The quantitative estimate of drug-likeness (QED) is 0.786. The fourth-order valence-corrected chi connectivity index (χ4v) is 2.04. The van der Waals surface area contributed by atoms with Crippen molar-refractivity contribution in [2.45, 2.75) is 32.3 Å². The standard InChI is InChI=1S/C17H17FN2O2/c1-17(2,3)22-16(21)20-8-6-12(7-9-20)15-5-4-14(18)10-13(15)11-19/h4-10,12H,1-3H3. The van der Waals surface area contributed by atoms with Crippen molar-refractivity contribution in [3.63, 3.8) is 0 Å². The van der Waals surface area contributed by atoms with Crippen LogP contribution in [0.4, 0.5) is 9.18 Å². The number of hydrogen-bond acceptors (Lipinski definition) is 3. The molecule has 0 aliphatic carbocycles. The monoisotopic (exact) mass is 300 g/mol. The van der Waals surface area contributed by atoms with E-state index in [9.17, 15) is 9.18 Å². The van der Waals surface area contributed by atoms with Crippen molar-refractivity contribution >= 4 is 6.09 Å². The predicted molar refractivity (Wildman–Crippen MR) is 80.2 cm³/mol. The molecule has 2 rings (SSSR count). The number of amides is 1. The van der Waals surface area contributed by atoms with E-state index in [1.807, 2.05) is 6.07 Å². The third-order valence-electron chi connectivity index (χ3n) is 3.01. The molecule has 0 N–H and O–H groups in total. The van der Waals surface area contributed by atoms with E-state index in [4.69, 9.17) is 10.00 Å². The number of hydrogen-bond donors (Lipinski definition) is 0. The van der Waals surface area contributed by atoms with E-state index in [-0.39, 0.29) is 11.5 Å². The molecule has 1 aromatic carbocycles. The van der Waals surface area contributed by atoms with Gasteiger partial charge in [0.05, 0.1) is 11.6 Å². The van der Waals surface area contributed by atoms with Crippen molar-refractivity contribution in [2.24, 2.45) is 0 Å². The smallest absolute Gasteiger partial charge is 0.418 e. The van der Waals surface area contributed by atoms with Gasteiger partial charge in [0.25, 0.3) is 0 Å². The summed E-state index contributed by atoms with van der Waals surface area (Å²) in [4.78, 5) is 13.3. The average molecular weight is 300 g/mol. The van der Waals surface area contributed by atoms with Gasteiger partial charge in [0.2, 0.25) is 0 Å². The van der Waals surface area contributed by atoms with Crippen molar-refractivity contribution < 1.29 is 13.9 Å². The van der Waals surface area contributed by atoms with Crippen LogP contribution in [-0.2, 0) is 4.74 Å². The molecule has 0 saturated carbocycles. The lowest BCUT2D eigenvalue weighted by Crippen LogP contribution is -2.31. The summed E-state index contributed by atoms with van der Waals surface area (Å²) in [7, 11) is 0. The van der Waals surface area contributed by atoms with Crippen molar-refractivity contribution in [3.05, 3.63) is 59.7 Å². The van der Waals surface area contributed by atoms with Gasteiger partial charge in [-0.25, -0.2) is 9.18 Å². The fraction of sp³-hybridized carbons (Fsp3) is 0.294. The highest BCUT2D eigenvalue weighted by Gasteiger charge is 2.22. The van der Waals surface area contributed by atoms with E-state index < -0.39 is 17.5 Å². The van der Waals surface area contributed by atoms with Crippen molar-refractivity contribution in [1.82, 2.24) is 4.90 Å². The summed E-state index contributed by atoms with van der Waals surface area (Å²) in [5, 5.41) is 9.09. The lowest BCUT2D eigenvalue weighted by atomic mass is 9.93. The Bertz CT molecular complexity index is 667. The number of benzene rings is 1. The summed E-state index contributed by atoms with van der Waals surface area (Å²) in [5.74, 6) is -0.631. The molecule has 1 aliphatic rings. The molecule has 0 unspecified atom stereocenters. The minimum absolute atomic E-state index is 0.186. The molecule has 0 saturated heterocycles. The van der Waals surface area contributed by atoms with Gasteiger partial charge in [-0.3, -0.25) is 4.90 Å². The van der Waals surface area contributed by atoms with Crippen LogP contribution in [0.15, 0.2) is 42.8 Å². The zero-order valence-corrected chi connectivity index (χ0v) is 12.7. The lowest BCUT2D eigenvalue weighted by molar-refractivity contribution is 0.0397. The van der Waals surface area contributed by atoms with Crippen LogP contribution in [0, 0.1) is 17.1 Å². The van der Waals surface area contributed by atoms with Gasteiger partial charge in [-0.15, -0.1) is 0 Å². The number of ether oxygens (including phenoxy) is 1. The molecule has 4 nitrogen and oxygen atoms in total. The summed E-state index contributed by atoms with van der Waals surface area (Å²) in [6.07, 6.45) is 6.22. The van der Waals surface area contributed by atoms with E-state index in [0.29, 0.717) is 5.56 Å². The van der Waals surface area contributed by atoms with Gasteiger partial charge < -0.3 is 4.74 Å². The molecular formula is C17H17FN2O2. The number of carbonyl (C=O) groups is 1. The Hall–Kier alpha value is -2.61. The normalized spacial score (nSPS) is 14.8. The maximum Gasteiger partial charge on any atom is 0.418 e. The van der Waals surface area contributed by atoms with Crippen molar-refractivity contribution in [3.8, 4) is 6.07 Å². The van der Waals surface area contributed by atoms with Crippen molar-refractivity contribution in [1.29, 1.82) is 5.26 Å². The first-order valence-electron chi connectivity index (χ1n) is 6.88. The zero-order chi connectivity index (χ0) is 16.3. The molecule has 1 heterocycles. The number of nitrogens with zero attached hydrogens (tertiary/aromatic N) is 2. The molecule has 0 spiro atoms. The first kappa shape index (κ1) is 15.8. The summed E-state index contributed by atoms with van der Waals surface area (Å²) in [6.45, 7) is 5.38. The van der Waals surface area contributed by atoms with E-state index in [1.54, 1.807) is 51.4 Å². The highest BCUT2D eigenvalue weighted by atomic mass is 19.1. The second-order valence-electron chi connectivity index (χ2n) is 5.94. The van der Waals surface area contributed by atoms with E-state index in [2.05, 4.69) is 0 Å². The van der Waals surface area contributed by atoms with E-state index >= 15 is 0 Å². The Labute approximate surface area is 129 Å². The molecule has 0 radical (unpaired) electrons. The van der Waals surface area contributed by atoms with Crippen LogP contribution in [0.25, 0.3) is 0 Å². The molecular weight excluding hydrogens is 283 g/mol. The molecule has 5 heteroatoms. The second-order valence-corrected chi connectivity index (χ2v) is 5.94. The molecule has 0 atom stereocenters. The summed E-state index contributed by atoms with van der Waals surface area (Å²) in [5.41, 5.74) is 0.408. The Morgan fingerprint density at radius 2 is 1.95 bits per heavy atom. The van der Waals surface area contributed by atoms with Gasteiger partial charge in [0.15, 0.2) is 0 Å². The van der Waals surface area contributed by atoms with Crippen LogP contribution >= 0.6 is 0 Å². The first-order valence-corrected chi connectivity index (χ1v) is 6.88. The minimum atomic E-state index is -0.569. The van der Waals surface area contributed by atoms with Gasteiger partial charge >= 0.3 is 6.09 Å². The van der Waals surface area contributed by atoms with Gasteiger partial charge in [-0.2, -0.15) is 5.26 Å². The number of carbonyl (C=O) groups excluding carboxylic acids is 1. The molecule has 22 heavy (non-hydrogen) atoms. The molecule has 114 valence electrons. The number of allylic oxidation sites excluding steroid dienone is 2. The second kappa shape index (κ2) is 6.02. The maximum atomic E-state index is 13.2. The number of nitriles is 1. The van der Waals surface area contributed by atoms with Crippen LogP contribution in [0.2, 0.25) is 0 Å². The Morgan fingerprint density at radius 3 is 2.50 bits per heavy atom. The van der Waals surface area contributed by atoms with E-state index in [0.717, 1.165) is 0 Å². The topological polar surface area (TPSA) is 53.3 Å². The summed E-state index contributed by atoms with van der Waals surface area (Å²) < 4.78 is 18.4. The highest BCUT2D eigenvalue weighted by molar-refractivity contribution is 5.71. The van der Waals surface area contributed by atoms with Gasteiger partial charge in [-0.05, 0) is 38.5 Å².